The van der Waals surface area contributed by atoms with Crippen LogP contribution in [-0.4, -0.2) is 30.2 Å². The third-order valence-corrected chi connectivity index (χ3v) is 2.75. The molecule has 86 valence electrons. The fourth-order valence-corrected chi connectivity index (χ4v) is 1.65. The molecule has 1 N–H and O–H groups in total. The van der Waals surface area contributed by atoms with Crippen LogP contribution in [0.2, 0.25) is 0 Å². The highest BCUT2D eigenvalue weighted by Gasteiger charge is 2.50. The van der Waals surface area contributed by atoms with Gasteiger partial charge < -0.3 is 10.1 Å². The molecule has 0 aliphatic carbocycles. The predicted octanol–water partition coefficient (Wildman–Crippen LogP) is 0.822. The van der Waals surface area contributed by atoms with Crippen LogP contribution in [0.3, 0.4) is 0 Å². The van der Waals surface area contributed by atoms with E-state index in [1.807, 2.05) is 30.3 Å². The van der Waals surface area contributed by atoms with Gasteiger partial charge in [-0.05, 0) is 5.56 Å². The lowest BCUT2D eigenvalue weighted by molar-refractivity contribution is -0.600. The fourth-order valence-electron chi connectivity index (χ4n) is 1.65. The van der Waals surface area contributed by atoms with Crippen molar-refractivity contribution in [3.05, 3.63) is 46.0 Å². The van der Waals surface area contributed by atoms with Crippen LogP contribution in [0.25, 0.3) is 0 Å². The summed E-state index contributed by atoms with van der Waals surface area (Å²) in [6, 6.07) is 9.83. The van der Waals surface area contributed by atoms with Gasteiger partial charge in [0.2, 0.25) is 0 Å². The average molecular weight is 222 g/mol. The lowest BCUT2D eigenvalue weighted by Crippen LogP contribution is -2.61. The summed E-state index contributed by atoms with van der Waals surface area (Å²) in [7, 11) is 0. The molecular formula is C11H14N2O3. The topological polar surface area (TPSA) is 64.4 Å². The number of hydrogen-bond donors (Lipinski definition) is 1. The van der Waals surface area contributed by atoms with E-state index in [0.29, 0.717) is 13.1 Å². The first kappa shape index (κ1) is 11.0. The zero-order chi connectivity index (χ0) is 11.4. The van der Waals surface area contributed by atoms with Crippen molar-refractivity contribution in [2.75, 3.05) is 19.8 Å². The van der Waals surface area contributed by atoms with Crippen LogP contribution in [0.5, 0.6) is 0 Å². The van der Waals surface area contributed by atoms with Gasteiger partial charge in [-0.1, -0.05) is 30.3 Å². The number of hydrogen-bond acceptors (Lipinski definition) is 4. The maximum atomic E-state index is 10.8. The summed E-state index contributed by atoms with van der Waals surface area (Å²) < 4.78 is 4.92. The van der Waals surface area contributed by atoms with Crippen LogP contribution >= 0.6 is 0 Å². The fraction of sp³-hybridized carbons (Fsp3) is 0.455. The first-order chi connectivity index (χ1) is 7.73. The highest BCUT2D eigenvalue weighted by atomic mass is 16.6. The summed E-state index contributed by atoms with van der Waals surface area (Å²) in [5, 5.41) is 13.9. The van der Waals surface area contributed by atoms with Gasteiger partial charge in [-0.3, -0.25) is 10.1 Å². The maximum Gasteiger partial charge on any atom is 0.279 e. The largest absolute Gasteiger partial charge is 0.366 e. The van der Waals surface area contributed by atoms with Crippen LogP contribution in [0, 0.1) is 10.1 Å². The molecule has 1 aliphatic rings. The highest BCUT2D eigenvalue weighted by Crippen LogP contribution is 2.19. The van der Waals surface area contributed by atoms with E-state index in [4.69, 9.17) is 4.74 Å². The Hall–Kier alpha value is -1.46. The van der Waals surface area contributed by atoms with Gasteiger partial charge in [-0.2, -0.15) is 0 Å². The molecule has 2 rings (SSSR count). The minimum atomic E-state index is -0.908. The molecule has 5 heteroatoms. The Balaban J connectivity index is 1.82. The molecule has 16 heavy (non-hydrogen) atoms. The van der Waals surface area contributed by atoms with Gasteiger partial charge in [-0.15, -0.1) is 0 Å². The Kier molecular flexibility index (Phi) is 3.17. The van der Waals surface area contributed by atoms with E-state index in [2.05, 4.69) is 5.32 Å². The van der Waals surface area contributed by atoms with Crippen LogP contribution in [0.1, 0.15) is 5.56 Å². The second kappa shape index (κ2) is 4.59. The molecule has 0 atom stereocenters. The molecule has 1 fully saturated rings. The van der Waals surface area contributed by atoms with Crippen LogP contribution < -0.4 is 5.32 Å². The molecule has 5 nitrogen and oxygen atoms in total. The van der Waals surface area contributed by atoms with Crippen molar-refractivity contribution in [3.63, 3.8) is 0 Å². The molecule has 0 spiro atoms. The van der Waals surface area contributed by atoms with E-state index < -0.39 is 5.54 Å². The Labute approximate surface area is 93.6 Å². The van der Waals surface area contributed by atoms with Gasteiger partial charge in [0.1, 0.15) is 13.2 Å². The van der Waals surface area contributed by atoms with E-state index in [9.17, 15) is 10.1 Å². The molecule has 0 unspecified atom stereocenters. The Morgan fingerprint density at radius 1 is 1.38 bits per heavy atom. The highest BCUT2D eigenvalue weighted by molar-refractivity contribution is 5.14. The Morgan fingerprint density at radius 3 is 2.56 bits per heavy atom. The summed E-state index contributed by atoms with van der Waals surface area (Å²) in [5.74, 6) is 0. The first-order valence-corrected chi connectivity index (χ1v) is 5.20. The van der Waals surface area contributed by atoms with Gasteiger partial charge in [0.25, 0.3) is 5.54 Å². The van der Waals surface area contributed by atoms with Crippen molar-refractivity contribution in [2.45, 2.75) is 12.1 Å². The minimum Gasteiger partial charge on any atom is -0.366 e. The van der Waals surface area contributed by atoms with E-state index in [0.717, 1.165) is 5.56 Å². The zero-order valence-electron chi connectivity index (χ0n) is 8.89. The van der Waals surface area contributed by atoms with E-state index >= 15 is 0 Å². The molecular weight excluding hydrogens is 208 g/mol. The van der Waals surface area contributed by atoms with E-state index in [1.165, 1.54) is 0 Å². The summed E-state index contributed by atoms with van der Waals surface area (Å²) in [4.78, 5) is 10.6. The molecule has 1 heterocycles. The quantitative estimate of drug-likeness (QED) is 0.591. The Morgan fingerprint density at radius 2 is 2.06 bits per heavy atom. The molecule has 1 aromatic rings. The smallest absolute Gasteiger partial charge is 0.279 e. The molecule has 0 bridgehead atoms. The van der Waals surface area contributed by atoms with Gasteiger partial charge in [0, 0.05) is 11.5 Å². The molecule has 1 aliphatic heterocycles. The average Bonchev–Trinajstić information content (AvgIpc) is 2.23. The predicted molar refractivity (Wildman–Crippen MR) is 58.7 cm³/mol. The number of ether oxygens (including phenoxy) is 1. The molecule has 0 radical (unpaired) electrons. The second-order valence-electron chi connectivity index (χ2n) is 4.06. The van der Waals surface area contributed by atoms with Crippen molar-refractivity contribution in [1.82, 2.24) is 5.32 Å². The van der Waals surface area contributed by atoms with E-state index in [-0.39, 0.29) is 18.1 Å². The lowest BCUT2D eigenvalue weighted by Gasteiger charge is -2.32. The van der Waals surface area contributed by atoms with E-state index in [1.54, 1.807) is 0 Å². The second-order valence-corrected chi connectivity index (χ2v) is 4.06. The SMILES string of the molecule is O=[N+]([O-])C1(CNCc2ccccc2)COC1. The molecule has 0 aromatic heterocycles. The van der Waals surface area contributed by atoms with Gasteiger partial charge in [0.05, 0.1) is 6.54 Å². The summed E-state index contributed by atoms with van der Waals surface area (Å²) in [5.41, 5.74) is 0.218. The minimum absolute atomic E-state index is 0.210. The third-order valence-electron chi connectivity index (χ3n) is 2.75. The van der Waals surface area contributed by atoms with Gasteiger partial charge >= 0.3 is 0 Å². The zero-order valence-corrected chi connectivity index (χ0v) is 8.89. The van der Waals surface area contributed by atoms with Crippen LogP contribution in [-0.2, 0) is 11.3 Å². The van der Waals surface area contributed by atoms with Crippen molar-refractivity contribution >= 4 is 0 Å². The lowest BCUT2D eigenvalue weighted by atomic mass is 9.98. The molecule has 1 aromatic carbocycles. The number of nitrogens with zero attached hydrogens (tertiary/aromatic N) is 1. The van der Waals surface area contributed by atoms with Crippen LogP contribution in [0.4, 0.5) is 0 Å². The summed E-state index contributed by atoms with van der Waals surface area (Å²) in [6.45, 7) is 1.43. The van der Waals surface area contributed by atoms with Crippen molar-refractivity contribution in [2.24, 2.45) is 0 Å². The maximum absolute atomic E-state index is 10.8. The monoisotopic (exact) mass is 222 g/mol. The summed E-state index contributed by atoms with van der Waals surface area (Å²) >= 11 is 0. The van der Waals surface area contributed by atoms with Crippen molar-refractivity contribution < 1.29 is 9.66 Å². The molecule has 0 saturated carbocycles. The van der Waals surface area contributed by atoms with Gasteiger partial charge in [0.15, 0.2) is 0 Å². The number of benzene rings is 1. The Bertz CT molecular complexity index is 363. The first-order valence-electron chi connectivity index (χ1n) is 5.20. The number of nitro groups is 1. The standard InChI is InChI=1S/C11H14N2O3/c14-13(15)11(8-16-9-11)7-12-6-10-4-2-1-3-5-10/h1-5,12H,6-9H2. The van der Waals surface area contributed by atoms with Crippen LogP contribution in [0.15, 0.2) is 30.3 Å². The number of rotatable bonds is 5. The van der Waals surface area contributed by atoms with Crippen molar-refractivity contribution in [3.8, 4) is 0 Å². The normalized spacial score (nSPS) is 17.8. The molecule has 1 saturated heterocycles. The third kappa shape index (κ3) is 2.20. The van der Waals surface area contributed by atoms with Gasteiger partial charge in [-0.25, -0.2) is 0 Å². The summed E-state index contributed by atoms with van der Waals surface area (Å²) in [6.07, 6.45) is 0. The molecule has 0 amide bonds. The number of nitrogens with one attached hydrogen (secondary N) is 1. The van der Waals surface area contributed by atoms with Crippen molar-refractivity contribution in [1.29, 1.82) is 0 Å².